The molecule has 0 aliphatic carbocycles. The monoisotopic (exact) mass is 411 g/mol. The lowest BCUT2D eigenvalue weighted by Crippen LogP contribution is -2.41. The van der Waals surface area contributed by atoms with Crippen molar-refractivity contribution in [1.29, 1.82) is 0 Å². The number of nitrogens with zero attached hydrogens (tertiary/aromatic N) is 3. The van der Waals surface area contributed by atoms with Gasteiger partial charge in [-0.15, -0.1) is 11.3 Å². The molecule has 1 N–H and O–H groups in total. The van der Waals surface area contributed by atoms with Crippen LogP contribution in [0.15, 0.2) is 11.4 Å². The van der Waals surface area contributed by atoms with E-state index in [1.807, 2.05) is 28.2 Å². The molecular weight excluding hydrogens is 382 g/mol. The van der Waals surface area contributed by atoms with E-state index in [1.54, 1.807) is 0 Å². The molecular formula is C19H29N3O5S. The van der Waals surface area contributed by atoms with E-state index in [-0.39, 0.29) is 18.3 Å². The number of aryl methyl sites for hydroxylation is 1. The molecule has 2 amide bonds. The van der Waals surface area contributed by atoms with Gasteiger partial charge in [0.2, 0.25) is 5.91 Å². The Balaban J connectivity index is 0.000000878. The molecule has 0 saturated carbocycles. The van der Waals surface area contributed by atoms with Crippen molar-refractivity contribution in [3.63, 3.8) is 0 Å². The number of carbonyl (C=O) groups excluding carboxylic acids is 2. The third-order valence-corrected chi connectivity index (χ3v) is 5.94. The number of thiophene rings is 1. The number of carboxylic acid groups (broad SMARTS) is 1. The van der Waals surface area contributed by atoms with Gasteiger partial charge < -0.3 is 19.6 Å². The number of amides is 2. The van der Waals surface area contributed by atoms with Crippen molar-refractivity contribution in [2.75, 3.05) is 59.0 Å². The summed E-state index contributed by atoms with van der Waals surface area (Å²) in [6.45, 7) is 8.61. The third-order valence-electron chi connectivity index (χ3n) is 4.94. The van der Waals surface area contributed by atoms with Gasteiger partial charge >= 0.3 is 0 Å². The van der Waals surface area contributed by atoms with Gasteiger partial charge in [-0.05, 0) is 30.4 Å². The topological polar surface area (TPSA) is 90.4 Å². The van der Waals surface area contributed by atoms with Crippen LogP contribution in [0.5, 0.6) is 0 Å². The SMILES string of the molecule is Cc1ccsc1C(=O)N1CCCN(C(=O)CCN2CCOCC2)CC1.O=CO. The van der Waals surface area contributed by atoms with Crippen molar-refractivity contribution in [3.05, 3.63) is 21.9 Å². The van der Waals surface area contributed by atoms with E-state index in [2.05, 4.69) is 4.90 Å². The van der Waals surface area contributed by atoms with Crippen LogP contribution in [0.2, 0.25) is 0 Å². The Labute approximate surface area is 169 Å². The van der Waals surface area contributed by atoms with Gasteiger partial charge in [0.15, 0.2) is 0 Å². The van der Waals surface area contributed by atoms with Crippen LogP contribution in [0.4, 0.5) is 0 Å². The smallest absolute Gasteiger partial charge is 0.290 e. The summed E-state index contributed by atoms with van der Waals surface area (Å²) < 4.78 is 5.34. The van der Waals surface area contributed by atoms with Crippen molar-refractivity contribution in [1.82, 2.24) is 14.7 Å². The van der Waals surface area contributed by atoms with E-state index < -0.39 is 0 Å². The summed E-state index contributed by atoms with van der Waals surface area (Å²) >= 11 is 1.50. The van der Waals surface area contributed by atoms with Gasteiger partial charge in [-0.2, -0.15) is 0 Å². The van der Waals surface area contributed by atoms with Crippen molar-refractivity contribution >= 4 is 29.6 Å². The van der Waals surface area contributed by atoms with Gasteiger partial charge in [0.05, 0.1) is 18.1 Å². The maximum absolute atomic E-state index is 12.7. The van der Waals surface area contributed by atoms with Crippen molar-refractivity contribution < 1.29 is 24.2 Å². The number of ether oxygens (including phenoxy) is 1. The van der Waals surface area contributed by atoms with Gasteiger partial charge in [-0.3, -0.25) is 19.3 Å². The number of hydrogen-bond acceptors (Lipinski definition) is 6. The van der Waals surface area contributed by atoms with Crippen LogP contribution in [-0.4, -0.2) is 97.1 Å². The number of carbonyl (C=O) groups is 3. The maximum atomic E-state index is 12.7. The normalized spacial score (nSPS) is 18.0. The molecule has 2 aliphatic rings. The zero-order chi connectivity index (χ0) is 20.4. The molecule has 0 aromatic carbocycles. The first kappa shape index (κ1) is 22.3. The molecule has 0 atom stereocenters. The highest BCUT2D eigenvalue weighted by Gasteiger charge is 2.24. The van der Waals surface area contributed by atoms with Gasteiger partial charge in [0, 0.05) is 52.2 Å². The van der Waals surface area contributed by atoms with Crippen LogP contribution in [0.1, 0.15) is 28.1 Å². The minimum absolute atomic E-state index is 0.107. The average Bonchev–Trinajstić information content (AvgIpc) is 2.98. The van der Waals surface area contributed by atoms with Crippen LogP contribution in [0.25, 0.3) is 0 Å². The summed E-state index contributed by atoms with van der Waals surface area (Å²) in [6, 6.07) is 1.98. The number of hydrogen-bond donors (Lipinski definition) is 1. The van der Waals surface area contributed by atoms with Gasteiger partial charge in [-0.1, -0.05) is 0 Å². The van der Waals surface area contributed by atoms with Crippen LogP contribution >= 0.6 is 11.3 Å². The molecule has 8 nitrogen and oxygen atoms in total. The fourth-order valence-corrected chi connectivity index (χ4v) is 4.23. The molecule has 0 bridgehead atoms. The van der Waals surface area contributed by atoms with E-state index >= 15 is 0 Å². The fourth-order valence-electron chi connectivity index (χ4n) is 3.34. The molecule has 1 aromatic rings. The summed E-state index contributed by atoms with van der Waals surface area (Å²) in [5, 5.41) is 8.85. The lowest BCUT2D eigenvalue weighted by atomic mass is 10.2. The Morgan fingerprint density at radius 1 is 1.14 bits per heavy atom. The zero-order valence-electron chi connectivity index (χ0n) is 16.3. The summed E-state index contributed by atoms with van der Waals surface area (Å²) in [4.78, 5) is 40.5. The standard InChI is InChI=1S/C18H27N3O3S.CH2O2/c1-15-4-14-25-17(15)18(23)21-6-2-5-20(8-9-21)16(22)3-7-19-10-12-24-13-11-19;2-1-3/h4,14H,2-3,5-13H2,1H3;1H,(H,2,3). The summed E-state index contributed by atoms with van der Waals surface area (Å²) in [5.41, 5.74) is 1.04. The summed E-state index contributed by atoms with van der Waals surface area (Å²) in [5.74, 6) is 0.309. The van der Waals surface area contributed by atoms with E-state index in [0.29, 0.717) is 19.5 Å². The number of morpholine rings is 1. The molecule has 2 saturated heterocycles. The fraction of sp³-hybridized carbons (Fsp3) is 0.632. The van der Waals surface area contributed by atoms with E-state index in [4.69, 9.17) is 14.6 Å². The molecule has 3 heterocycles. The Morgan fingerprint density at radius 3 is 2.43 bits per heavy atom. The first-order valence-corrected chi connectivity index (χ1v) is 10.4. The quantitative estimate of drug-likeness (QED) is 0.748. The second-order valence-corrected chi connectivity index (χ2v) is 7.68. The lowest BCUT2D eigenvalue weighted by molar-refractivity contribution is -0.131. The second kappa shape index (κ2) is 11.8. The highest BCUT2D eigenvalue weighted by atomic mass is 32.1. The van der Waals surface area contributed by atoms with E-state index in [9.17, 15) is 9.59 Å². The van der Waals surface area contributed by atoms with Crippen molar-refractivity contribution in [2.45, 2.75) is 19.8 Å². The minimum Gasteiger partial charge on any atom is -0.483 e. The van der Waals surface area contributed by atoms with E-state index in [1.165, 1.54) is 11.3 Å². The molecule has 0 unspecified atom stereocenters. The van der Waals surface area contributed by atoms with Gasteiger partial charge in [0.25, 0.3) is 12.4 Å². The van der Waals surface area contributed by atoms with Crippen LogP contribution in [0.3, 0.4) is 0 Å². The first-order chi connectivity index (χ1) is 13.6. The van der Waals surface area contributed by atoms with Crippen molar-refractivity contribution in [3.8, 4) is 0 Å². The predicted molar refractivity (Wildman–Crippen MR) is 107 cm³/mol. The van der Waals surface area contributed by atoms with E-state index in [0.717, 1.165) is 62.8 Å². The largest absolute Gasteiger partial charge is 0.483 e. The second-order valence-electron chi connectivity index (χ2n) is 6.77. The molecule has 0 radical (unpaired) electrons. The molecule has 1 aromatic heterocycles. The Morgan fingerprint density at radius 2 is 1.79 bits per heavy atom. The van der Waals surface area contributed by atoms with Crippen LogP contribution < -0.4 is 0 Å². The average molecular weight is 412 g/mol. The molecule has 0 spiro atoms. The number of rotatable bonds is 4. The minimum atomic E-state index is -0.250. The lowest BCUT2D eigenvalue weighted by Gasteiger charge is -2.27. The highest BCUT2D eigenvalue weighted by Crippen LogP contribution is 2.19. The Bertz CT molecular complexity index is 645. The molecule has 156 valence electrons. The molecule has 9 heteroatoms. The van der Waals surface area contributed by atoms with Gasteiger partial charge in [0.1, 0.15) is 0 Å². The highest BCUT2D eigenvalue weighted by molar-refractivity contribution is 7.12. The predicted octanol–water partition coefficient (Wildman–Crippen LogP) is 1.15. The van der Waals surface area contributed by atoms with Gasteiger partial charge in [-0.25, -0.2) is 0 Å². The van der Waals surface area contributed by atoms with Crippen molar-refractivity contribution in [2.24, 2.45) is 0 Å². The first-order valence-electron chi connectivity index (χ1n) is 9.56. The zero-order valence-corrected chi connectivity index (χ0v) is 17.2. The molecule has 2 aliphatic heterocycles. The third kappa shape index (κ3) is 6.57. The Hall–Kier alpha value is -1.97. The molecule has 3 rings (SSSR count). The summed E-state index contributed by atoms with van der Waals surface area (Å²) in [6.07, 6.45) is 1.40. The Kier molecular flexibility index (Phi) is 9.39. The maximum Gasteiger partial charge on any atom is 0.290 e. The molecule has 2 fully saturated rings. The summed E-state index contributed by atoms with van der Waals surface area (Å²) in [7, 11) is 0. The van der Waals surface area contributed by atoms with Crippen LogP contribution in [0, 0.1) is 6.92 Å². The molecule has 28 heavy (non-hydrogen) atoms. The van der Waals surface area contributed by atoms with Crippen LogP contribution in [-0.2, 0) is 14.3 Å².